The maximum Gasteiger partial charge on any atom is 0.0945 e. The summed E-state index contributed by atoms with van der Waals surface area (Å²) in [5, 5.41) is 17.2. The minimum atomic E-state index is -0.399. The largest absolute Gasteiger partial charge is 0.387 e. The summed E-state index contributed by atoms with van der Waals surface area (Å²) in [5.41, 5.74) is 1.03. The lowest BCUT2D eigenvalue weighted by Gasteiger charge is -2.36. The van der Waals surface area contributed by atoms with Crippen molar-refractivity contribution in [1.82, 2.24) is 5.32 Å². The van der Waals surface area contributed by atoms with Crippen molar-refractivity contribution in [2.75, 3.05) is 7.05 Å². The van der Waals surface area contributed by atoms with Gasteiger partial charge in [-0.15, -0.1) is 11.3 Å². The van der Waals surface area contributed by atoms with Gasteiger partial charge in [-0.1, -0.05) is 12.5 Å². The predicted octanol–water partition coefficient (Wildman–Crippen LogP) is 3.32. The van der Waals surface area contributed by atoms with E-state index in [0.29, 0.717) is 5.92 Å². The number of aliphatic hydroxyl groups is 1. The van der Waals surface area contributed by atoms with Gasteiger partial charge in [0.25, 0.3) is 0 Å². The summed E-state index contributed by atoms with van der Waals surface area (Å²) in [6.07, 6.45) is 3.38. The maximum absolute atomic E-state index is 10.6. The second-order valence-corrected chi connectivity index (χ2v) is 6.12. The first-order chi connectivity index (χ1) is 8.79. The molecule has 3 heteroatoms. The normalized spacial score (nSPS) is 19.7. The SMILES string of the molecule is CNC(C1CCC1)C(O)c1ccc2sccc2c1. The van der Waals surface area contributed by atoms with E-state index in [1.54, 1.807) is 11.3 Å². The molecule has 2 atom stereocenters. The van der Waals surface area contributed by atoms with E-state index in [1.165, 1.54) is 29.3 Å². The maximum atomic E-state index is 10.6. The van der Waals surface area contributed by atoms with E-state index in [4.69, 9.17) is 0 Å². The number of likely N-dealkylation sites (N-methyl/N-ethyl adjacent to an activating group) is 1. The van der Waals surface area contributed by atoms with Crippen molar-refractivity contribution in [2.45, 2.75) is 31.4 Å². The highest BCUT2D eigenvalue weighted by molar-refractivity contribution is 7.17. The Morgan fingerprint density at radius 1 is 1.33 bits per heavy atom. The molecule has 0 bridgehead atoms. The Labute approximate surface area is 112 Å². The second-order valence-electron chi connectivity index (χ2n) is 5.17. The Kier molecular flexibility index (Phi) is 3.37. The van der Waals surface area contributed by atoms with E-state index in [9.17, 15) is 5.11 Å². The van der Waals surface area contributed by atoms with Gasteiger partial charge in [0.2, 0.25) is 0 Å². The van der Waals surface area contributed by atoms with Crippen molar-refractivity contribution >= 4 is 21.4 Å². The topological polar surface area (TPSA) is 32.3 Å². The molecule has 2 nitrogen and oxygen atoms in total. The van der Waals surface area contributed by atoms with Crippen molar-refractivity contribution in [3.63, 3.8) is 0 Å². The molecule has 1 fully saturated rings. The highest BCUT2D eigenvalue weighted by atomic mass is 32.1. The minimum absolute atomic E-state index is 0.190. The molecule has 1 aromatic carbocycles. The molecule has 0 aliphatic heterocycles. The van der Waals surface area contributed by atoms with Crippen LogP contribution in [0.2, 0.25) is 0 Å². The van der Waals surface area contributed by atoms with Crippen LogP contribution in [-0.4, -0.2) is 18.2 Å². The first-order valence-corrected chi connectivity index (χ1v) is 7.50. The molecule has 1 saturated carbocycles. The van der Waals surface area contributed by atoms with Crippen LogP contribution >= 0.6 is 11.3 Å². The third-order valence-corrected chi connectivity index (χ3v) is 5.05. The van der Waals surface area contributed by atoms with Crippen LogP contribution in [0.1, 0.15) is 30.9 Å². The number of hydrogen-bond acceptors (Lipinski definition) is 3. The Morgan fingerprint density at radius 3 is 2.83 bits per heavy atom. The number of rotatable bonds is 4. The summed E-state index contributed by atoms with van der Waals surface area (Å²) in [5.74, 6) is 0.628. The van der Waals surface area contributed by atoms with Crippen LogP contribution < -0.4 is 5.32 Å². The smallest absolute Gasteiger partial charge is 0.0945 e. The molecule has 18 heavy (non-hydrogen) atoms. The molecule has 0 saturated heterocycles. The van der Waals surface area contributed by atoms with Gasteiger partial charge in [0.05, 0.1) is 6.10 Å². The summed E-state index contributed by atoms with van der Waals surface area (Å²) in [7, 11) is 1.95. The van der Waals surface area contributed by atoms with Gasteiger partial charge in [0.1, 0.15) is 0 Å². The van der Waals surface area contributed by atoms with Crippen molar-refractivity contribution in [3.05, 3.63) is 35.2 Å². The fraction of sp³-hybridized carbons (Fsp3) is 0.467. The molecule has 2 aromatic rings. The van der Waals surface area contributed by atoms with Gasteiger partial charge in [-0.05, 0) is 60.3 Å². The van der Waals surface area contributed by atoms with Gasteiger partial charge in [0.15, 0.2) is 0 Å². The molecular weight excluding hydrogens is 242 g/mol. The third-order valence-electron chi connectivity index (χ3n) is 4.15. The molecule has 96 valence electrons. The van der Waals surface area contributed by atoms with E-state index >= 15 is 0 Å². The van der Waals surface area contributed by atoms with Crippen molar-refractivity contribution < 1.29 is 5.11 Å². The summed E-state index contributed by atoms with van der Waals surface area (Å²) in [6, 6.07) is 8.61. The Hall–Kier alpha value is -0.900. The average molecular weight is 261 g/mol. The van der Waals surface area contributed by atoms with Crippen LogP contribution in [0.25, 0.3) is 10.1 Å². The number of thiophene rings is 1. The lowest BCUT2D eigenvalue weighted by atomic mass is 9.76. The molecule has 0 spiro atoms. The third kappa shape index (κ3) is 2.07. The van der Waals surface area contributed by atoms with E-state index in [1.807, 2.05) is 7.05 Å². The summed E-state index contributed by atoms with van der Waals surface area (Å²) < 4.78 is 1.29. The van der Waals surface area contributed by atoms with Gasteiger partial charge >= 0.3 is 0 Å². The van der Waals surface area contributed by atoms with Crippen LogP contribution in [-0.2, 0) is 0 Å². The number of fused-ring (bicyclic) bond motifs is 1. The quantitative estimate of drug-likeness (QED) is 0.885. The van der Waals surface area contributed by atoms with Crippen LogP contribution in [0.15, 0.2) is 29.6 Å². The lowest BCUT2D eigenvalue weighted by Crippen LogP contribution is -2.42. The molecule has 2 unspecified atom stereocenters. The Bertz CT molecular complexity index is 532. The van der Waals surface area contributed by atoms with E-state index in [2.05, 4.69) is 35.0 Å². The first-order valence-electron chi connectivity index (χ1n) is 6.62. The second kappa shape index (κ2) is 5.00. The molecular formula is C15H19NOS. The molecule has 3 rings (SSSR count). The number of nitrogens with one attached hydrogen (secondary N) is 1. The molecule has 2 N–H and O–H groups in total. The van der Waals surface area contributed by atoms with E-state index < -0.39 is 6.10 Å². The van der Waals surface area contributed by atoms with Crippen LogP contribution in [0.4, 0.5) is 0 Å². The molecule has 1 aliphatic carbocycles. The van der Waals surface area contributed by atoms with E-state index in [0.717, 1.165) is 5.56 Å². The number of hydrogen-bond donors (Lipinski definition) is 2. The zero-order valence-electron chi connectivity index (χ0n) is 10.6. The Morgan fingerprint density at radius 2 is 2.17 bits per heavy atom. The van der Waals surface area contributed by atoms with Crippen molar-refractivity contribution in [2.24, 2.45) is 5.92 Å². The van der Waals surface area contributed by atoms with Crippen LogP contribution in [0, 0.1) is 5.92 Å². The van der Waals surface area contributed by atoms with Gasteiger partial charge in [-0.2, -0.15) is 0 Å². The summed E-state index contributed by atoms with van der Waals surface area (Å²) >= 11 is 1.75. The van der Waals surface area contributed by atoms with Crippen molar-refractivity contribution in [3.8, 4) is 0 Å². The number of benzene rings is 1. The van der Waals surface area contributed by atoms with Crippen LogP contribution in [0.3, 0.4) is 0 Å². The Balaban J connectivity index is 1.86. The first kappa shape index (κ1) is 12.2. The van der Waals surface area contributed by atoms with E-state index in [-0.39, 0.29) is 6.04 Å². The standard InChI is InChI=1S/C15H19NOS/c1-16-14(10-3-2-4-10)15(17)12-5-6-13-11(9-12)7-8-18-13/h5-10,14-17H,2-4H2,1H3. The van der Waals surface area contributed by atoms with Gasteiger partial charge in [-0.25, -0.2) is 0 Å². The zero-order chi connectivity index (χ0) is 12.5. The zero-order valence-corrected chi connectivity index (χ0v) is 11.4. The lowest BCUT2D eigenvalue weighted by molar-refractivity contribution is 0.0737. The summed E-state index contributed by atoms with van der Waals surface area (Å²) in [4.78, 5) is 0. The minimum Gasteiger partial charge on any atom is -0.387 e. The summed E-state index contributed by atoms with van der Waals surface area (Å²) in [6.45, 7) is 0. The molecule has 0 amide bonds. The van der Waals surface area contributed by atoms with Gasteiger partial charge in [0, 0.05) is 10.7 Å². The van der Waals surface area contributed by atoms with Gasteiger partial charge < -0.3 is 10.4 Å². The molecule has 0 radical (unpaired) electrons. The number of aliphatic hydroxyl groups excluding tert-OH is 1. The van der Waals surface area contributed by atoms with Gasteiger partial charge in [-0.3, -0.25) is 0 Å². The highest BCUT2D eigenvalue weighted by Gasteiger charge is 2.32. The molecule has 1 heterocycles. The fourth-order valence-corrected chi connectivity index (χ4v) is 3.60. The molecule has 1 aromatic heterocycles. The van der Waals surface area contributed by atoms with Crippen molar-refractivity contribution in [1.29, 1.82) is 0 Å². The average Bonchev–Trinajstić information content (AvgIpc) is 2.79. The predicted molar refractivity (Wildman–Crippen MR) is 77.0 cm³/mol. The highest BCUT2D eigenvalue weighted by Crippen LogP contribution is 2.36. The fourth-order valence-electron chi connectivity index (χ4n) is 2.83. The molecule has 1 aliphatic rings. The monoisotopic (exact) mass is 261 g/mol. The van der Waals surface area contributed by atoms with Crippen LogP contribution in [0.5, 0.6) is 0 Å².